The van der Waals surface area contributed by atoms with E-state index in [0.717, 1.165) is 27.9 Å². The van der Waals surface area contributed by atoms with Gasteiger partial charge in [-0.1, -0.05) is 11.8 Å². The first-order valence-corrected chi connectivity index (χ1v) is 12.4. The van der Waals surface area contributed by atoms with Crippen molar-refractivity contribution in [3.8, 4) is 11.5 Å². The Labute approximate surface area is 184 Å². The van der Waals surface area contributed by atoms with Crippen molar-refractivity contribution in [3.63, 3.8) is 0 Å². The Morgan fingerprint density at radius 1 is 1.23 bits per heavy atom. The minimum Gasteiger partial charge on any atom is -0.466 e. The third-order valence-corrected chi connectivity index (χ3v) is 6.79. The highest BCUT2D eigenvalue weighted by Crippen LogP contribution is 2.31. The second kappa shape index (κ2) is 8.72. The van der Waals surface area contributed by atoms with Gasteiger partial charge in [-0.15, -0.1) is 0 Å². The fourth-order valence-electron chi connectivity index (χ4n) is 3.15. The third kappa shape index (κ3) is 5.08. The highest BCUT2D eigenvalue weighted by atomic mass is 32.2. The lowest BCUT2D eigenvalue weighted by Gasteiger charge is -2.06. The predicted molar refractivity (Wildman–Crippen MR) is 120 cm³/mol. The Hall–Kier alpha value is -2.85. The number of nitrogens with one attached hydrogen (secondary N) is 1. The van der Waals surface area contributed by atoms with E-state index < -0.39 is 9.84 Å². The van der Waals surface area contributed by atoms with Gasteiger partial charge in [-0.2, -0.15) is 0 Å². The molecule has 0 fully saturated rings. The Balaban J connectivity index is 1.46. The fourth-order valence-corrected chi connectivity index (χ4v) is 4.78. The summed E-state index contributed by atoms with van der Waals surface area (Å²) in [5.41, 5.74) is 1.83. The number of carbonyl (C=O) groups excluding carboxylic acids is 1. The van der Waals surface area contributed by atoms with Gasteiger partial charge in [0.1, 0.15) is 16.5 Å². The van der Waals surface area contributed by atoms with Crippen molar-refractivity contribution in [2.45, 2.75) is 23.6 Å². The lowest BCUT2D eigenvalue weighted by Crippen LogP contribution is -2.14. The van der Waals surface area contributed by atoms with E-state index in [1.807, 2.05) is 24.3 Å². The minimum atomic E-state index is -3.35. The third-order valence-electron chi connectivity index (χ3n) is 4.56. The van der Waals surface area contributed by atoms with Gasteiger partial charge in [0, 0.05) is 22.4 Å². The quantitative estimate of drug-likeness (QED) is 0.538. The van der Waals surface area contributed by atoms with E-state index in [9.17, 15) is 13.2 Å². The zero-order valence-corrected chi connectivity index (χ0v) is 18.6. The molecule has 2 aromatic heterocycles. The summed E-state index contributed by atoms with van der Waals surface area (Å²) in [7, 11) is -3.35. The second-order valence-corrected chi connectivity index (χ2v) is 10.3. The maximum atomic E-state index is 11.7. The van der Waals surface area contributed by atoms with E-state index >= 15 is 0 Å². The van der Waals surface area contributed by atoms with Crippen LogP contribution in [0.4, 0.5) is 0 Å². The summed E-state index contributed by atoms with van der Waals surface area (Å²) in [5, 5.41) is 1.90. The Kier molecular flexibility index (Phi) is 6.01. The highest BCUT2D eigenvalue weighted by molar-refractivity contribution is 8.15. The van der Waals surface area contributed by atoms with Crippen LogP contribution in [0, 0.1) is 0 Å². The van der Waals surface area contributed by atoms with Crippen molar-refractivity contribution >= 4 is 43.5 Å². The van der Waals surface area contributed by atoms with Crippen LogP contribution >= 0.6 is 11.8 Å². The van der Waals surface area contributed by atoms with Crippen LogP contribution in [0.15, 0.2) is 52.6 Å². The molecule has 0 bridgehead atoms. The number of benzene rings is 1. The number of ether oxygens (including phenoxy) is 2. The van der Waals surface area contributed by atoms with Gasteiger partial charge in [0.15, 0.2) is 14.9 Å². The highest BCUT2D eigenvalue weighted by Gasteiger charge is 2.24. The standard InChI is InChI=1S/C21H21N3O5S2/c1-3-28-20(25)10-16-12-23-21(30-16)18-9-13-8-14(4-6-17(13)24-18)29-15-5-7-19(22-11-15)31(2,26)27/h4-9,11,16,24H,3,10,12H2,1-2H3. The summed E-state index contributed by atoms with van der Waals surface area (Å²) in [6.45, 7) is 2.76. The first-order valence-electron chi connectivity index (χ1n) is 9.65. The normalized spacial score (nSPS) is 16.3. The number of hydrogen-bond acceptors (Lipinski definition) is 8. The molecule has 0 aliphatic carbocycles. The molecule has 31 heavy (non-hydrogen) atoms. The average molecular weight is 460 g/mol. The zero-order valence-electron chi connectivity index (χ0n) is 17.0. The molecule has 1 atom stereocenters. The molecular weight excluding hydrogens is 438 g/mol. The smallest absolute Gasteiger partial charge is 0.306 e. The number of H-pyrrole nitrogens is 1. The van der Waals surface area contributed by atoms with Crippen molar-refractivity contribution in [1.29, 1.82) is 0 Å². The molecule has 0 saturated heterocycles. The summed E-state index contributed by atoms with van der Waals surface area (Å²) in [6.07, 6.45) is 2.84. The van der Waals surface area contributed by atoms with Crippen LogP contribution in [-0.4, -0.2) is 54.1 Å². The number of aromatic nitrogens is 2. The van der Waals surface area contributed by atoms with Crippen LogP contribution in [0.1, 0.15) is 19.0 Å². The molecule has 0 radical (unpaired) electrons. The molecule has 1 aromatic carbocycles. The molecule has 1 unspecified atom stereocenters. The number of esters is 1. The molecular formula is C21H21N3O5S2. The first-order chi connectivity index (χ1) is 14.8. The van der Waals surface area contributed by atoms with E-state index in [-0.39, 0.29) is 16.2 Å². The number of nitrogens with zero attached hydrogens (tertiary/aromatic N) is 2. The molecule has 3 heterocycles. The molecule has 10 heteroatoms. The number of thioether (sulfide) groups is 1. The van der Waals surface area contributed by atoms with Crippen LogP contribution in [0.2, 0.25) is 0 Å². The van der Waals surface area contributed by atoms with Crippen molar-refractivity contribution in [2.24, 2.45) is 4.99 Å². The Morgan fingerprint density at radius 2 is 2.03 bits per heavy atom. The lowest BCUT2D eigenvalue weighted by atomic mass is 10.2. The lowest BCUT2D eigenvalue weighted by molar-refractivity contribution is -0.143. The van der Waals surface area contributed by atoms with Gasteiger partial charge in [-0.25, -0.2) is 13.4 Å². The largest absolute Gasteiger partial charge is 0.466 e. The molecule has 1 aliphatic heterocycles. The van der Waals surface area contributed by atoms with Gasteiger partial charge in [-0.05, 0) is 43.3 Å². The minimum absolute atomic E-state index is 0.00155. The number of sulfone groups is 1. The van der Waals surface area contributed by atoms with Gasteiger partial charge >= 0.3 is 5.97 Å². The zero-order chi connectivity index (χ0) is 22.0. The fraction of sp³-hybridized carbons (Fsp3) is 0.286. The molecule has 1 aliphatic rings. The van der Waals surface area contributed by atoms with Gasteiger partial charge < -0.3 is 14.5 Å². The summed E-state index contributed by atoms with van der Waals surface area (Å²) >= 11 is 1.57. The topological polar surface area (TPSA) is 111 Å². The average Bonchev–Trinajstić information content (AvgIpc) is 3.34. The van der Waals surface area contributed by atoms with E-state index in [2.05, 4.69) is 15.0 Å². The van der Waals surface area contributed by atoms with Crippen LogP contribution in [0.25, 0.3) is 10.9 Å². The van der Waals surface area contributed by atoms with Crippen molar-refractivity contribution in [2.75, 3.05) is 19.4 Å². The van der Waals surface area contributed by atoms with Gasteiger partial charge in [0.2, 0.25) is 0 Å². The number of rotatable bonds is 7. The van der Waals surface area contributed by atoms with E-state index in [1.165, 1.54) is 12.3 Å². The van der Waals surface area contributed by atoms with Gasteiger partial charge in [-0.3, -0.25) is 9.79 Å². The molecule has 162 valence electrons. The van der Waals surface area contributed by atoms with Crippen LogP contribution < -0.4 is 4.74 Å². The van der Waals surface area contributed by atoms with Crippen LogP contribution in [0.5, 0.6) is 11.5 Å². The number of carbonyl (C=O) groups is 1. The molecule has 0 saturated carbocycles. The number of pyridine rings is 1. The van der Waals surface area contributed by atoms with E-state index in [0.29, 0.717) is 31.1 Å². The Morgan fingerprint density at radius 3 is 2.74 bits per heavy atom. The number of hydrogen-bond donors (Lipinski definition) is 1. The van der Waals surface area contributed by atoms with E-state index in [4.69, 9.17) is 9.47 Å². The molecule has 8 nitrogen and oxygen atoms in total. The molecule has 3 aromatic rings. The number of aromatic amines is 1. The summed E-state index contributed by atoms with van der Waals surface area (Å²) < 4.78 is 33.9. The van der Waals surface area contributed by atoms with Crippen molar-refractivity contribution in [3.05, 3.63) is 48.3 Å². The van der Waals surface area contributed by atoms with Gasteiger partial charge in [0.25, 0.3) is 0 Å². The summed E-state index contributed by atoms with van der Waals surface area (Å²) in [5.74, 6) is 0.849. The SMILES string of the molecule is CCOC(=O)CC1CN=C(c2cc3cc(Oc4ccc(S(C)(=O)=O)nc4)ccc3[nH]2)S1. The molecule has 1 N–H and O–H groups in total. The van der Waals surface area contributed by atoms with Crippen LogP contribution in [0.3, 0.4) is 0 Å². The monoisotopic (exact) mass is 459 g/mol. The van der Waals surface area contributed by atoms with Crippen LogP contribution in [-0.2, 0) is 19.4 Å². The van der Waals surface area contributed by atoms with Crippen molar-refractivity contribution in [1.82, 2.24) is 9.97 Å². The van der Waals surface area contributed by atoms with Crippen molar-refractivity contribution < 1.29 is 22.7 Å². The second-order valence-electron chi connectivity index (χ2n) is 7.03. The Bertz CT molecular complexity index is 1250. The maximum Gasteiger partial charge on any atom is 0.306 e. The first kappa shape index (κ1) is 21.4. The predicted octanol–water partition coefficient (Wildman–Crippen LogP) is 3.57. The molecule has 0 spiro atoms. The number of aliphatic imine (C=N–C) groups is 1. The molecule has 4 rings (SSSR count). The molecule has 0 amide bonds. The van der Waals surface area contributed by atoms with E-state index in [1.54, 1.807) is 24.8 Å². The number of fused-ring (bicyclic) bond motifs is 1. The maximum absolute atomic E-state index is 11.7. The van der Waals surface area contributed by atoms with Gasteiger partial charge in [0.05, 0.1) is 31.5 Å². The summed E-state index contributed by atoms with van der Waals surface area (Å²) in [4.78, 5) is 23.5. The summed E-state index contributed by atoms with van der Waals surface area (Å²) in [6, 6.07) is 10.6.